The van der Waals surface area contributed by atoms with Gasteiger partial charge in [-0.15, -0.1) is 11.3 Å². The van der Waals surface area contributed by atoms with Gasteiger partial charge >= 0.3 is 0 Å². The van der Waals surface area contributed by atoms with Crippen molar-refractivity contribution in [2.45, 2.75) is 6.92 Å². The molecule has 0 aromatic carbocycles. The van der Waals surface area contributed by atoms with Crippen molar-refractivity contribution in [3.8, 4) is 0 Å². The summed E-state index contributed by atoms with van der Waals surface area (Å²) in [4.78, 5) is 14.6. The van der Waals surface area contributed by atoms with Crippen molar-refractivity contribution in [1.29, 1.82) is 0 Å². The largest absolute Gasteiger partial charge is 0.337 e. The summed E-state index contributed by atoms with van der Waals surface area (Å²) < 4.78 is 1.89. The minimum Gasteiger partial charge on any atom is -0.337 e. The van der Waals surface area contributed by atoms with Crippen LogP contribution in [0.2, 0.25) is 0 Å². The molecule has 0 N–H and O–H groups in total. The van der Waals surface area contributed by atoms with Gasteiger partial charge in [-0.05, 0) is 44.8 Å². The maximum atomic E-state index is 12.0. The molecule has 1 heterocycles. The second-order valence-electron chi connectivity index (χ2n) is 2.81. The van der Waals surface area contributed by atoms with Crippen LogP contribution in [0.1, 0.15) is 16.6 Å². The summed E-state index contributed by atoms with van der Waals surface area (Å²) in [5, 5.41) is 0.806. The topological polar surface area (TPSA) is 20.3 Å². The summed E-state index contributed by atoms with van der Waals surface area (Å²) >= 11 is 11.6. The third-order valence-corrected chi connectivity index (χ3v) is 5.48. The minimum atomic E-state index is 0.0911. The zero-order chi connectivity index (χ0) is 11.4. The highest BCUT2D eigenvalue weighted by Crippen LogP contribution is 2.32. The van der Waals surface area contributed by atoms with E-state index in [4.69, 9.17) is 0 Å². The van der Waals surface area contributed by atoms with Crippen LogP contribution in [0.5, 0.6) is 0 Å². The van der Waals surface area contributed by atoms with E-state index in [0.29, 0.717) is 0 Å². The van der Waals surface area contributed by atoms with E-state index in [2.05, 4.69) is 47.8 Å². The minimum absolute atomic E-state index is 0.0911. The predicted molar refractivity (Wildman–Crippen MR) is 75.1 cm³/mol. The highest BCUT2D eigenvalue weighted by molar-refractivity contribution is 9.13. The Kier molecular flexibility index (Phi) is 5.81. The van der Waals surface area contributed by atoms with E-state index >= 15 is 0 Å². The lowest BCUT2D eigenvalue weighted by molar-refractivity contribution is 0.0779. The summed E-state index contributed by atoms with van der Waals surface area (Å²) in [6.45, 7) is 3.46. The average Bonchev–Trinajstić information content (AvgIpc) is 2.55. The van der Waals surface area contributed by atoms with E-state index < -0.39 is 0 Å². The molecule has 6 heteroatoms. The van der Waals surface area contributed by atoms with Crippen LogP contribution < -0.4 is 0 Å². The van der Waals surface area contributed by atoms with Gasteiger partial charge in [0.15, 0.2) is 0 Å². The second kappa shape index (κ2) is 6.37. The molecule has 0 aliphatic heterocycles. The Hall–Kier alpha value is 0.610. The summed E-state index contributed by atoms with van der Waals surface area (Å²) in [7, 11) is 0. The highest BCUT2D eigenvalue weighted by atomic mass is 79.9. The fourth-order valence-corrected chi connectivity index (χ4v) is 3.54. The van der Waals surface area contributed by atoms with Gasteiger partial charge in [-0.25, -0.2) is 0 Å². The molecule has 2 nitrogen and oxygen atoms in total. The van der Waals surface area contributed by atoms with Crippen LogP contribution >= 0.6 is 59.1 Å². The molecule has 1 amide bonds. The Morgan fingerprint density at radius 3 is 2.60 bits per heavy atom. The first-order chi connectivity index (χ1) is 7.10. The van der Waals surface area contributed by atoms with Gasteiger partial charge in [0.25, 0.3) is 5.91 Å². The molecule has 1 aromatic rings. The third kappa shape index (κ3) is 3.54. The van der Waals surface area contributed by atoms with Crippen molar-refractivity contribution in [2.24, 2.45) is 0 Å². The first kappa shape index (κ1) is 13.7. The molecule has 0 fully saturated rings. The van der Waals surface area contributed by atoms with Crippen molar-refractivity contribution >= 4 is 65.0 Å². The van der Waals surface area contributed by atoms with E-state index in [1.165, 1.54) is 11.3 Å². The predicted octanol–water partition coefficient (Wildman–Crippen LogP) is 4.13. The summed E-state index contributed by atoms with van der Waals surface area (Å²) in [5.74, 6) is 0.0911. The monoisotopic (exact) mass is 417 g/mol. The Balaban J connectivity index is 2.82. The number of alkyl halides is 1. The second-order valence-corrected chi connectivity index (χ2v) is 6.82. The molecule has 0 radical (unpaired) electrons. The Morgan fingerprint density at radius 2 is 2.20 bits per heavy atom. The van der Waals surface area contributed by atoms with Crippen molar-refractivity contribution in [2.75, 3.05) is 18.4 Å². The lowest BCUT2D eigenvalue weighted by Crippen LogP contribution is -2.31. The van der Waals surface area contributed by atoms with Crippen LogP contribution in [-0.2, 0) is 0 Å². The van der Waals surface area contributed by atoms with Crippen molar-refractivity contribution in [1.82, 2.24) is 4.90 Å². The van der Waals surface area contributed by atoms with Gasteiger partial charge in [0.05, 0.1) is 8.66 Å². The number of rotatable bonds is 4. The van der Waals surface area contributed by atoms with Crippen LogP contribution in [0.25, 0.3) is 0 Å². The first-order valence-corrected chi connectivity index (χ1v) is 7.92. The Labute approximate surface area is 118 Å². The normalized spacial score (nSPS) is 10.4. The maximum Gasteiger partial charge on any atom is 0.264 e. The number of hydrogen-bond donors (Lipinski definition) is 0. The zero-order valence-corrected chi connectivity index (χ0v) is 13.7. The Morgan fingerprint density at radius 1 is 1.53 bits per heavy atom. The van der Waals surface area contributed by atoms with Crippen molar-refractivity contribution < 1.29 is 4.79 Å². The number of thiophene rings is 1. The molecular formula is C9H10Br3NOS. The number of nitrogens with zero attached hydrogens (tertiary/aromatic N) is 1. The smallest absolute Gasteiger partial charge is 0.264 e. The molecule has 0 saturated carbocycles. The standard InChI is InChI=1S/C9H10Br3NOS/c1-2-13(4-3-10)9(14)7-5-6(11)8(12)15-7/h5H,2-4H2,1H3. The molecule has 0 unspecified atom stereocenters. The van der Waals surface area contributed by atoms with Crippen LogP contribution in [0, 0.1) is 0 Å². The molecule has 1 aromatic heterocycles. The van der Waals surface area contributed by atoms with Gasteiger partial charge < -0.3 is 4.90 Å². The summed E-state index contributed by atoms with van der Waals surface area (Å²) in [6, 6.07) is 1.86. The van der Waals surface area contributed by atoms with E-state index in [9.17, 15) is 4.79 Å². The molecule has 0 aliphatic carbocycles. The van der Waals surface area contributed by atoms with Gasteiger partial charge in [0.2, 0.25) is 0 Å². The van der Waals surface area contributed by atoms with E-state index in [1.54, 1.807) is 0 Å². The molecule has 0 saturated heterocycles. The molecular weight excluding hydrogens is 410 g/mol. The average molecular weight is 420 g/mol. The first-order valence-electron chi connectivity index (χ1n) is 4.40. The van der Waals surface area contributed by atoms with Crippen LogP contribution in [0.4, 0.5) is 0 Å². The van der Waals surface area contributed by atoms with Crippen molar-refractivity contribution in [3.05, 3.63) is 19.2 Å². The molecule has 1 rings (SSSR count). The van der Waals surface area contributed by atoms with Gasteiger partial charge in [-0.3, -0.25) is 4.79 Å². The molecule has 0 aliphatic rings. The number of hydrogen-bond acceptors (Lipinski definition) is 2. The maximum absolute atomic E-state index is 12.0. The van der Waals surface area contributed by atoms with Crippen LogP contribution in [0.3, 0.4) is 0 Å². The molecule has 84 valence electrons. The fourth-order valence-electron chi connectivity index (χ4n) is 1.11. The van der Waals surface area contributed by atoms with Crippen LogP contribution in [0.15, 0.2) is 14.3 Å². The number of amides is 1. The lowest BCUT2D eigenvalue weighted by Gasteiger charge is -2.18. The quantitative estimate of drug-likeness (QED) is 0.672. The van der Waals surface area contributed by atoms with E-state index in [1.807, 2.05) is 17.9 Å². The van der Waals surface area contributed by atoms with Gasteiger partial charge in [-0.1, -0.05) is 15.9 Å². The lowest BCUT2D eigenvalue weighted by atomic mass is 10.4. The van der Waals surface area contributed by atoms with E-state index in [0.717, 1.165) is 31.6 Å². The zero-order valence-electron chi connectivity index (χ0n) is 8.10. The molecule has 0 atom stereocenters. The fraction of sp³-hybridized carbons (Fsp3) is 0.444. The molecule has 0 spiro atoms. The van der Waals surface area contributed by atoms with Gasteiger partial charge in [-0.2, -0.15) is 0 Å². The number of halogens is 3. The SMILES string of the molecule is CCN(CCBr)C(=O)c1cc(Br)c(Br)s1. The van der Waals surface area contributed by atoms with Crippen LogP contribution in [-0.4, -0.2) is 29.2 Å². The third-order valence-electron chi connectivity index (χ3n) is 1.88. The Bertz CT molecular complexity index is 334. The molecule has 0 bridgehead atoms. The van der Waals surface area contributed by atoms with Gasteiger partial charge in [0.1, 0.15) is 0 Å². The molecule has 15 heavy (non-hydrogen) atoms. The van der Waals surface area contributed by atoms with Gasteiger partial charge in [0, 0.05) is 22.9 Å². The van der Waals surface area contributed by atoms with Crippen molar-refractivity contribution in [3.63, 3.8) is 0 Å². The number of carbonyl (C=O) groups excluding carboxylic acids is 1. The summed E-state index contributed by atoms with van der Waals surface area (Å²) in [5.41, 5.74) is 0. The number of carbonyl (C=O) groups is 1. The van der Waals surface area contributed by atoms with E-state index in [-0.39, 0.29) is 5.91 Å². The summed E-state index contributed by atoms with van der Waals surface area (Å²) in [6.07, 6.45) is 0. The highest BCUT2D eigenvalue weighted by Gasteiger charge is 2.17.